The lowest BCUT2D eigenvalue weighted by Crippen LogP contribution is -2.43. The summed E-state index contributed by atoms with van der Waals surface area (Å²) in [5, 5.41) is 12.8. The van der Waals surface area contributed by atoms with Gasteiger partial charge in [-0.25, -0.2) is 0 Å². The highest BCUT2D eigenvalue weighted by atomic mass is 16.3. The molecule has 0 amide bonds. The Hall–Kier alpha value is -1.13. The average molecular weight is 207 g/mol. The van der Waals surface area contributed by atoms with Gasteiger partial charge in [-0.15, -0.1) is 0 Å². The minimum atomic E-state index is -0.444. The maximum Gasteiger partial charge on any atom is 0.0777 e. The van der Waals surface area contributed by atoms with E-state index in [1.165, 1.54) is 0 Å². The van der Waals surface area contributed by atoms with Crippen molar-refractivity contribution in [1.29, 1.82) is 0 Å². The summed E-state index contributed by atoms with van der Waals surface area (Å²) in [6.07, 6.45) is 3.13. The summed E-state index contributed by atoms with van der Waals surface area (Å²) >= 11 is 0. The summed E-state index contributed by atoms with van der Waals surface area (Å²) in [6.45, 7) is 5.80. The molecule has 0 saturated carbocycles. The molecule has 1 aliphatic heterocycles. The zero-order valence-electron chi connectivity index (χ0n) is 8.98. The third-order valence-corrected chi connectivity index (χ3v) is 2.71. The zero-order valence-corrected chi connectivity index (χ0v) is 8.98. The summed E-state index contributed by atoms with van der Waals surface area (Å²) in [5.74, 6) is 0. The van der Waals surface area contributed by atoms with Crippen LogP contribution in [0.3, 0.4) is 0 Å². The van der Waals surface area contributed by atoms with Gasteiger partial charge in [0.25, 0.3) is 0 Å². The molecule has 0 radical (unpaired) electrons. The first-order valence-electron chi connectivity index (χ1n) is 5.36. The normalized spacial score (nSPS) is 18.9. The van der Waals surface area contributed by atoms with E-state index in [0.717, 1.165) is 37.4 Å². The van der Waals surface area contributed by atoms with Crippen LogP contribution in [0.4, 0.5) is 5.69 Å². The molecule has 82 valence electrons. The highest BCUT2D eigenvalue weighted by Crippen LogP contribution is 2.19. The topological polar surface area (TPSA) is 48.4 Å². The molecule has 2 rings (SSSR count). The van der Waals surface area contributed by atoms with Crippen LogP contribution in [-0.2, 0) is 0 Å². The van der Waals surface area contributed by atoms with Gasteiger partial charge in [-0.05, 0) is 13.0 Å². The monoisotopic (exact) mass is 207 g/mol. The van der Waals surface area contributed by atoms with Gasteiger partial charge in [0.1, 0.15) is 0 Å². The smallest absolute Gasteiger partial charge is 0.0777 e. The minimum Gasteiger partial charge on any atom is -0.389 e. The molecule has 2 heterocycles. The fourth-order valence-electron chi connectivity index (χ4n) is 1.77. The number of nitrogens with one attached hydrogen (secondary N) is 1. The Morgan fingerprint density at radius 2 is 2.13 bits per heavy atom. The molecule has 0 aromatic carbocycles. The van der Waals surface area contributed by atoms with Crippen molar-refractivity contribution in [2.75, 3.05) is 31.1 Å². The molecular weight excluding hydrogens is 190 g/mol. The van der Waals surface area contributed by atoms with E-state index in [4.69, 9.17) is 0 Å². The van der Waals surface area contributed by atoms with E-state index in [1.807, 2.05) is 12.3 Å². The minimum absolute atomic E-state index is 0.444. The average Bonchev–Trinajstić information content (AvgIpc) is 2.30. The van der Waals surface area contributed by atoms with Crippen molar-refractivity contribution in [3.8, 4) is 0 Å². The molecule has 1 saturated heterocycles. The first-order chi connectivity index (χ1) is 7.27. The molecule has 1 aromatic heterocycles. The Kier molecular flexibility index (Phi) is 3.18. The molecular formula is C11H17N3O. The first kappa shape index (κ1) is 10.4. The summed E-state index contributed by atoms with van der Waals surface area (Å²) < 4.78 is 0. The number of hydrogen-bond donors (Lipinski definition) is 2. The number of aromatic nitrogens is 1. The molecule has 4 nitrogen and oxygen atoms in total. The van der Waals surface area contributed by atoms with Gasteiger partial charge in [-0.2, -0.15) is 0 Å². The SMILES string of the molecule is CC(O)c1cncc(N2CCNCC2)c1. The molecule has 1 atom stereocenters. The predicted molar refractivity (Wildman–Crippen MR) is 60.0 cm³/mol. The van der Waals surface area contributed by atoms with E-state index in [1.54, 1.807) is 13.1 Å². The van der Waals surface area contributed by atoms with E-state index in [2.05, 4.69) is 15.2 Å². The van der Waals surface area contributed by atoms with Gasteiger partial charge in [-0.3, -0.25) is 4.98 Å². The van der Waals surface area contributed by atoms with Crippen molar-refractivity contribution in [3.05, 3.63) is 24.0 Å². The van der Waals surface area contributed by atoms with Crippen molar-refractivity contribution in [2.45, 2.75) is 13.0 Å². The molecule has 2 N–H and O–H groups in total. The van der Waals surface area contributed by atoms with E-state index in [0.29, 0.717) is 0 Å². The van der Waals surface area contributed by atoms with Gasteiger partial charge < -0.3 is 15.3 Å². The molecule has 0 aliphatic carbocycles. The van der Waals surface area contributed by atoms with Crippen LogP contribution >= 0.6 is 0 Å². The summed E-state index contributed by atoms with van der Waals surface area (Å²) in [5.41, 5.74) is 1.99. The zero-order chi connectivity index (χ0) is 10.7. The van der Waals surface area contributed by atoms with Gasteiger partial charge >= 0.3 is 0 Å². The highest BCUT2D eigenvalue weighted by Gasteiger charge is 2.11. The van der Waals surface area contributed by atoms with Crippen molar-refractivity contribution in [1.82, 2.24) is 10.3 Å². The van der Waals surface area contributed by atoms with Gasteiger partial charge in [0.05, 0.1) is 18.0 Å². The van der Waals surface area contributed by atoms with Crippen LogP contribution in [0.25, 0.3) is 0 Å². The second-order valence-electron chi connectivity index (χ2n) is 3.89. The molecule has 1 unspecified atom stereocenters. The van der Waals surface area contributed by atoms with Crippen molar-refractivity contribution in [2.24, 2.45) is 0 Å². The number of anilines is 1. The number of piperazine rings is 1. The lowest BCUT2D eigenvalue weighted by Gasteiger charge is -2.29. The van der Waals surface area contributed by atoms with E-state index >= 15 is 0 Å². The van der Waals surface area contributed by atoms with Crippen LogP contribution < -0.4 is 10.2 Å². The van der Waals surface area contributed by atoms with Crippen molar-refractivity contribution < 1.29 is 5.11 Å². The number of rotatable bonds is 2. The number of aliphatic hydroxyl groups is 1. The fourth-order valence-corrected chi connectivity index (χ4v) is 1.77. The van der Waals surface area contributed by atoms with Crippen LogP contribution in [0.1, 0.15) is 18.6 Å². The van der Waals surface area contributed by atoms with Crippen molar-refractivity contribution in [3.63, 3.8) is 0 Å². The Morgan fingerprint density at radius 3 is 2.80 bits per heavy atom. The van der Waals surface area contributed by atoms with E-state index in [9.17, 15) is 5.11 Å². The largest absolute Gasteiger partial charge is 0.389 e. The number of aliphatic hydroxyl groups excluding tert-OH is 1. The Morgan fingerprint density at radius 1 is 1.40 bits per heavy atom. The Balaban J connectivity index is 2.16. The predicted octanol–water partition coefficient (Wildman–Crippen LogP) is 0.544. The number of nitrogens with zero attached hydrogens (tertiary/aromatic N) is 2. The fraction of sp³-hybridized carbons (Fsp3) is 0.545. The Bertz CT molecular complexity index is 321. The van der Waals surface area contributed by atoms with Crippen LogP contribution in [0.2, 0.25) is 0 Å². The second-order valence-corrected chi connectivity index (χ2v) is 3.89. The van der Waals surface area contributed by atoms with Gasteiger partial charge in [-0.1, -0.05) is 0 Å². The lowest BCUT2D eigenvalue weighted by molar-refractivity contribution is 0.199. The Labute approximate surface area is 89.9 Å². The highest BCUT2D eigenvalue weighted by molar-refractivity contribution is 5.46. The maximum atomic E-state index is 9.48. The van der Waals surface area contributed by atoms with Gasteiger partial charge in [0, 0.05) is 37.9 Å². The van der Waals surface area contributed by atoms with E-state index in [-0.39, 0.29) is 0 Å². The maximum absolute atomic E-state index is 9.48. The lowest BCUT2D eigenvalue weighted by atomic mass is 10.1. The first-order valence-corrected chi connectivity index (χ1v) is 5.36. The molecule has 1 aromatic rings. The third-order valence-electron chi connectivity index (χ3n) is 2.71. The van der Waals surface area contributed by atoms with Crippen LogP contribution in [0.5, 0.6) is 0 Å². The molecule has 15 heavy (non-hydrogen) atoms. The van der Waals surface area contributed by atoms with E-state index < -0.39 is 6.10 Å². The quantitative estimate of drug-likeness (QED) is 0.743. The molecule has 1 aliphatic rings. The molecule has 0 bridgehead atoms. The summed E-state index contributed by atoms with van der Waals surface area (Å²) in [4.78, 5) is 6.45. The second kappa shape index (κ2) is 4.59. The van der Waals surface area contributed by atoms with Crippen molar-refractivity contribution >= 4 is 5.69 Å². The van der Waals surface area contributed by atoms with Crippen LogP contribution in [-0.4, -0.2) is 36.3 Å². The summed E-state index contributed by atoms with van der Waals surface area (Å²) in [7, 11) is 0. The summed E-state index contributed by atoms with van der Waals surface area (Å²) in [6, 6.07) is 2.02. The molecule has 0 spiro atoms. The van der Waals surface area contributed by atoms with Crippen LogP contribution in [0, 0.1) is 0 Å². The molecule has 1 fully saturated rings. The van der Waals surface area contributed by atoms with Crippen LogP contribution in [0.15, 0.2) is 18.5 Å². The number of pyridine rings is 1. The number of hydrogen-bond acceptors (Lipinski definition) is 4. The standard InChI is InChI=1S/C11H17N3O/c1-9(15)10-6-11(8-13-7-10)14-4-2-12-3-5-14/h6-9,12,15H,2-5H2,1H3. The molecule has 4 heteroatoms. The van der Waals surface area contributed by atoms with Gasteiger partial charge in [0.15, 0.2) is 0 Å². The third kappa shape index (κ3) is 2.46. The van der Waals surface area contributed by atoms with Gasteiger partial charge in [0.2, 0.25) is 0 Å².